The van der Waals surface area contributed by atoms with Gasteiger partial charge in [-0.2, -0.15) is 0 Å². The summed E-state index contributed by atoms with van der Waals surface area (Å²) in [5.74, 6) is 0.902. The molecule has 0 amide bonds. The number of aryl methyl sites for hydroxylation is 1. The van der Waals surface area contributed by atoms with Gasteiger partial charge in [0.25, 0.3) is 0 Å². The summed E-state index contributed by atoms with van der Waals surface area (Å²) in [6.45, 7) is 5.23. The van der Waals surface area contributed by atoms with Gasteiger partial charge in [-0.1, -0.05) is 32.0 Å². The summed E-state index contributed by atoms with van der Waals surface area (Å²) in [6, 6.07) is 12.7. The van der Waals surface area contributed by atoms with Gasteiger partial charge in [-0.25, -0.2) is 0 Å². The summed E-state index contributed by atoms with van der Waals surface area (Å²) in [5, 5.41) is 3.56. The molecule has 1 N–H and O–H groups in total. The SMILES string of the molecule is CCNC(Cc1cccc(OC)c1)c1ncccc1CC. The first-order valence-corrected chi connectivity index (χ1v) is 7.58. The minimum atomic E-state index is 0.234. The molecule has 3 heteroatoms. The Bertz CT molecular complexity index is 569. The Morgan fingerprint density at radius 2 is 2.05 bits per heavy atom. The van der Waals surface area contributed by atoms with Crippen molar-refractivity contribution >= 4 is 0 Å². The lowest BCUT2D eigenvalue weighted by Crippen LogP contribution is -2.25. The maximum Gasteiger partial charge on any atom is 0.119 e. The quantitative estimate of drug-likeness (QED) is 0.844. The van der Waals surface area contributed by atoms with Gasteiger partial charge < -0.3 is 10.1 Å². The Morgan fingerprint density at radius 1 is 1.19 bits per heavy atom. The van der Waals surface area contributed by atoms with Gasteiger partial charge in [-0.3, -0.25) is 4.98 Å². The van der Waals surface area contributed by atoms with Crippen molar-refractivity contribution in [3.8, 4) is 5.75 Å². The zero-order valence-electron chi connectivity index (χ0n) is 13.1. The number of nitrogens with one attached hydrogen (secondary N) is 1. The molecule has 1 unspecified atom stereocenters. The number of hydrogen-bond acceptors (Lipinski definition) is 3. The topological polar surface area (TPSA) is 34.1 Å². The fourth-order valence-electron chi connectivity index (χ4n) is 2.61. The minimum Gasteiger partial charge on any atom is -0.497 e. The van der Waals surface area contributed by atoms with Crippen molar-refractivity contribution in [2.75, 3.05) is 13.7 Å². The zero-order chi connectivity index (χ0) is 15.1. The number of nitrogens with zero attached hydrogens (tertiary/aromatic N) is 1. The van der Waals surface area contributed by atoms with E-state index in [9.17, 15) is 0 Å². The van der Waals surface area contributed by atoms with Crippen LogP contribution in [-0.4, -0.2) is 18.6 Å². The first-order chi connectivity index (χ1) is 10.3. The number of ether oxygens (including phenoxy) is 1. The highest BCUT2D eigenvalue weighted by Crippen LogP contribution is 2.22. The Kier molecular flexibility index (Phi) is 5.76. The van der Waals surface area contributed by atoms with Gasteiger partial charge in [0, 0.05) is 6.20 Å². The van der Waals surface area contributed by atoms with Crippen LogP contribution in [0.1, 0.15) is 36.7 Å². The molecule has 0 fully saturated rings. The van der Waals surface area contributed by atoms with Crippen LogP contribution in [0.25, 0.3) is 0 Å². The van der Waals surface area contributed by atoms with Gasteiger partial charge in [-0.05, 0) is 48.7 Å². The second kappa shape index (κ2) is 7.79. The van der Waals surface area contributed by atoms with Gasteiger partial charge in [0.1, 0.15) is 5.75 Å². The van der Waals surface area contributed by atoms with Crippen LogP contribution in [0.3, 0.4) is 0 Å². The molecular formula is C18H24N2O. The molecule has 1 aromatic carbocycles. The number of pyridine rings is 1. The highest BCUT2D eigenvalue weighted by molar-refractivity contribution is 5.31. The molecule has 1 aromatic heterocycles. The summed E-state index contributed by atoms with van der Waals surface area (Å²) in [7, 11) is 1.70. The van der Waals surface area contributed by atoms with Crippen LogP contribution in [0, 0.1) is 0 Å². The highest BCUT2D eigenvalue weighted by atomic mass is 16.5. The molecule has 0 saturated heterocycles. The van der Waals surface area contributed by atoms with Crippen molar-refractivity contribution in [2.45, 2.75) is 32.7 Å². The van der Waals surface area contributed by atoms with Gasteiger partial charge in [-0.15, -0.1) is 0 Å². The van der Waals surface area contributed by atoms with Gasteiger partial charge in [0.05, 0.1) is 18.8 Å². The third kappa shape index (κ3) is 4.05. The molecule has 0 aliphatic carbocycles. The average molecular weight is 284 g/mol. The Labute approximate surface area is 127 Å². The smallest absolute Gasteiger partial charge is 0.119 e. The first kappa shape index (κ1) is 15.5. The molecule has 0 spiro atoms. The summed E-state index contributed by atoms with van der Waals surface area (Å²) in [6.07, 6.45) is 3.79. The highest BCUT2D eigenvalue weighted by Gasteiger charge is 2.16. The fraction of sp³-hybridized carbons (Fsp3) is 0.389. The zero-order valence-corrected chi connectivity index (χ0v) is 13.1. The van der Waals surface area contributed by atoms with Crippen LogP contribution in [0.5, 0.6) is 5.75 Å². The molecule has 1 heterocycles. The van der Waals surface area contributed by atoms with Gasteiger partial charge >= 0.3 is 0 Å². The molecule has 2 rings (SSSR count). The predicted molar refractivity (Wildman–Crippen MR) is 86.7 cm³/mol. The van der Waals surface area contributed by atoms with E-state index in [4.69, 9.17) is 4.74 Å². The normalized spacial score (nSPS) is 12.1. The third-order valence-electron chi connectivity index (χ3n) is 3.66. The van der Waals surface area contributed by atoms with Gasteiger partial charge in [0.2, 0.25) is 0 Å². The molecule has 21 heavy (non-hydrogen) atoms. The second-order valence-electron chi connectivity index (χ2n) is 5.07. The average Bonchev–Trinajstić information content (AvgIpc) is 2.54. The number of aromatic nitrogens is 1. The standard InChI is InChI=1S/C18H24N2O/c1-4-15-9-7-11-20-18(15)17(19-5-2)13-14-8-6-10-16(12-14)21-3/h6-12,17,19H,4-5,13H2,1-3H3. The van der Waals surface area contributed by atoms with Crippen molar-refractivity contribution in [3.63, 3.8) is 0 Å². The van der Waals surface area contributed by atoms with E-state index >= 15 is 0 Å². The third-order valence-corrected chi connectivity index (χ3v) is 3.66. The molecule has 0 aliphatic rings. The molecule has 112 valence electrons. The summed E-state index contributed by atoms with van der Waals surface area (Å²) in [4.78, 5) is 4.61. The van der Waals surface area contributed by atoms with Crippen molar-refractivity contribution in [3.05, 3.63) is 59.4 Å². The predicted octanol–water partition coefficient (Wildman–Crippen LogP) is 3.55. The molecule has 2 aromatic rings. The van der Waals surface area contributed by atoms with E-state index in [1.54, 1.807) is 7.11 Å². The lowest BCUT2D eigenvalue weighted by molar-refractivity contribution is 0.413. The van der Waals surface area contributed by atoms with E-state index in [2.05, 4.69) is 42.3 Å². The summed E-state index contributed by atoms with van der Waals surface area (Å²) in [5.41, 5.74) is 3.73. The van der Waals surface area contributed by atoms with E-state index in [-0.39, 0.29) is 6.04 Å². The van der Waals surface area contributed by atoms with Crippen LogP contribution in [-0.2, 0) is 12.8 Å². The maximum absolute atomic E-state index is 5.31. The Morgan fingerprint density at radius 3 is 2.76 bits per heavy atom. The molecule has 3 nitrogen and oxygen atoms in total. The Balaban J connectivity index is 2.26. The van der Waals surface area contributed by atoms with E-state index in [0.29, 0.717) is 0 Å². The first-order valence-electron chi connectivity index (χ1n) is 7.58. The summed E-state index contributed by atoms with van der Waals surface area (Å²) >= 11 is 0. The number of rotatable bonds is 7. The lowest BCUT2D eigenvalue weighted by atomic mass is 9.98. The Hall–Kier alpha value is -1.87. The van der Waals surface area contributed by atoms with Crippen molar-refractivity contribution in [2.24, 2.45) is 0 Å². The van der Waals surface area contributed by atoms with Crippen molar-refractivity contribution < 1.29 is 4.74 Å². The molecule has 0 saturated carbocycles. The van der Waals surface area contributed by atoms with Crippen LogP contribution >= 0.6 is 0 Å². The monoisotopic (exact) mass is 284 g/mol. The van der Waals surface area contributed by atoms with Crippen LogP contribution < -0.4 is 10.1 Å². The van der Waals surface area contributed by atoms with Crippen molar-refractivity contribution in [1.29, 1.82) is 0 Å². The van der Waals surface area contributed by atoms with Crippen LogP contribution in [0.15, 0.2) is 42.6 Å². The minimum absolute atomic E-state index is 0.234. The van der Waals surface area contributed by atoms with E-state index in [1.165, 1.54) is 11.1 Å². The fourth-order valence-corrected chi connectivity index (χ4v) is 2.61. The number of benzene rings is 1. The maximum atomic E-state index is 5.31. The number of hydrogen-bond donors (Lipinski definition) is 1. The number of likely N-dealkylation sites (N-methyl/N-ethyl adjacent to an activating group) is 1. The second-order valence-corrected chi connectivity index (χ2v) is 5.07. The van der Waals surface area contributed by atoms with E-state index in [0.717, 1.165) is 30.8 Å². The molecule has 0 bridgehead atoms. The number of methoxy groups -OCH3 is 1. The molecular weight excluding hydrogens is 260 g/mol. The largest absolute Gasteiger partial charge is 0.497 e. The van der Waals surface area contributed by atoms with Crippen LogP contribution in [0.4, 0.5) is 0 Å². The van der Waals surface area contributed by atoms with Crippen molar-refractivity contribution in [1.82, 2.24) is 10.3 Å². The van der Waals surface area contributed by atoms with Crippen LogP contribution in [0.2, 0.25) is 0 Å². The van der Waals surface area contributed by atoms with Gasteiger partial charge in [0.15, 0.2) is 0 Å². The lowest BCUT2D eigenvalue weighted by Gasteiger charge is -2.20. The molecule has 0 radical (unpaired) electrons. The molecule has 0 aliphatic heterocycles. The van der Waals surface area contributed by atoms with E-state index < -0.39 is 0 Å². The van der Waals surface area contributed by atoms with E-state index in [1.807, 2.05) is 24.4 Å². The molecule has 1 atom stereocenters. The summed E-state index contributed by atoms with van der Waals surface area (Å²) < 4.78 is 5.31.